The molecular weight excluding hydrogens is 290 g/mol. The normalized spacial score (nSPS) is 13.5. The lowest BCUT2D eigenvalue weighted by atomic mass is 9.92. The van der Waals surface area contributed by atoms with Crippen LogP contribution in [0.1, 0.15) is 32.0 Å². The summed E-state index contributed by atoms with van der Waals surface area (Å²) in [5.41, 5.74) is 7.85. The number of nitrogens with zero attached hydrogens (tertiary/aromatic N) is 2. The molecule has 0 bridgehead atoms. The van der Waals surface area contributed by atoms with Gasteiger partial charge in [0.05, 0.1) is 16.3 Å². The maximum Gasteiger partial charge on any atom is 0.127 e. The van der Waals surface area contributed by atoms with Crippen molar-refractivity contribution in [1.82, 2.24) is 9.78 Å². The Hall–Kier alpha value is -1.54. The van der Waals surface area contributed by atoms with E-state index in [0.29, 0.717) is 11.5 Å². The maximum absolute atomic E-state index is 9.59. The molecule has 0 saturated carbocycles. The molecule has 21 heavy (non-hydrogen) atoms. The molecule has 0 amide bonds. The van der Waals surface area contributed by atoms with Crippen LogP contribution in [0.15, 0.2) is 29.2 Å². The number of aryl methyl sites for hydroxylation is 1. The van der Waals surface area contributed by atoms with Crippen LogP contribution in [0, 0.1) is 6.92 Å². The van der Waals surface area contributed by atoms with Gasteiger partial charge in [0.2, 0.25) is 0 Å². The van der Waals surface area contributed by atoms with Crippen molar-refractivity contribution in [3.63, 3.8) is 0 Å². The van der Waals surface area contributed by atoms with Crippen LogP contribution in [0.5, 0.6) is 0 Å². The summed E-state index contributed by atoms with van der Waals surface area (Å²) >= 11 is 0. The molecule has 6 nitrogen and oxygen atoms in total. The molecule has 0 aliphatic heterocycles. The minimum absolute atomic E-state index is 0.00311. The van der Waals surface area contributed by atoms with Gasteiger partial charge < -0.3 is 19.4 Å². The van der Waals surface area contributed by atoms with Crippen molar-refractivity contribution in [3.05, 3.63) is 35.5 Å². The number of rotatable bonds is 2. The molecule has 2 aromatic rings. The van der Waals surface area contributed by atoms with Crippen LogP contribution in [0.25, 0.3) is 5.69 Å². The number of nitrogen functional groups attached to an aromatic ring is 1. The molecule has 1 aromatic carbocycles. The molecule has 1 aromatic heterocycles. The summed E-state index contributed by atoms with van der Waals surface area (Å²) in [6.45, 7) is 7.89. The Morgan fingerprint density at radius 2 is 1.76 bits per heavy atom. The highest BCUT2D eigenvalue weighted by atomic mass is 32.3. The van der Waals surface area contributed by atoms with Gasteiger partial charge in [-0.05, 0) is 24.6 Å². The lowest BCUT2D eigenvalue weighted by molar-refractivity contribution is 0.375. The van der Waals surface area contributed by atoms with Gasteiger partial charge in [0.15, 0.2) is 0 Å². The van der Waals surface area contributed by atoms with Gasteiger partial charge in [0.1, 0.15) is 16.7 Å². The summed E-state index contributed by atoms with van der Waals surface area (Å²) < 4.78 is 30.2. The monoisotopic (exact) mass is 311 g/mol. The highest BCUT2D eigenvalue weighted by Gasteiger charge is 2.25. The second-order valence-electron chi connectivity index (χ2n) is 6.11. The molecule has 0 aliphatic rings. The molecule has 0 fully saturated rings. The van der Waals surface area contributed by atoms with Crippen LogP contribution >= 0.6 is 10.9 Å². The fourth-order valence-corrected chi connectivity index (χ4v) is 2.66. The van der Waals surface area contributed by atoms with E-state index in [1.165, 1.54) is 10.7 Å². The summed E-state index contributed by atoms with van der Waals surface area (Å²) in [6, 6.07) is 6.61. The van der Waals surface area contributed by atoms with Gasteiger partial charge in [-0.15, -0.1) is 0 Å². The lowest BCUT2D eigenvalue weighted by Crippen LogP contribution is -2.13. The van der Waals surface area contributed by atoms with E-state index < -0.39 is 10.9 Å². The third-order valence-corrected chi connectivity index (χ3v) is 4.08. The first-order valence-corrected chi connectivity index (χ1v) is 7.98. The number of aromatic nitrogens is 2. The summed E-state index contributed by atoms with van der Waals surface area (Å²) in [5.74, 6) is 0.371. The van der Waals surface area contributed by atoms with E-state index in [4.69, 9.17) is 5.73 Å². The van der Waals surface area contributed by atoms with E-state index in [9.17, 15) is 13.7 Å². The Morgan fingerprint density at radius 3 is 2.24 bits per heavy atom. The topological polar surface area (TPSA) is 105 Å². The van der Waals surface area contributed by atoms with Crippen molar-refractivity contribution >= 4 is 16.7 Å². The van der Waals surface area contributed by atoms with Crippen molar-refractivity contribution in [2.24, 2.45) is 0 Å². The van der Waals surface area contributed by atoms with Gasteiger partial charge in [-0.25, -0.2) is 4.68 Å². The first kappa shape index (κ1) is 15.8. The predicted molar refractivity (Wildman–Crippen MR) is 85.2 cm³/mol. The Bertz CT molecular complexity index is 669. The van der Waals surface area contributed by atoms with Crippen LogP contribution in [0.3, 0.4) is 0 Å². The minimum atomic E-state index is -3.86. The zero-order valence-electron chi connectivity index (χ0n) is 12.5. The van der Waals surface area contributed by atoms with Gasteiger partial charge >= 0.3 is 0 Å². The minimum Gasteiger partial charge on any atom is -0.384 e. The van der Waals surface area contributed by atoms with Crippen LogP contribution < -0.4 is 5.73 Å². The van der Waals surface area contributed by atoms with Crippen molar-refractivity contribution in [2.45, 2.75) is 38.0 Å². The standard InChI is InChI=1S/C14H21N3O3S/c1-9-5-6-11(21(18,19)20)10(7-9)17-13(15)8-12(16-17)14(2,3)4/h5-8,18-20H,15H2,1-4H3. The van der Waals surface area contributed by atoms with Crippen molar-refractivity contribution < 1.29 is 13.7 Å². The summed E-state index contributed by atoms with van der Waals surface area (Å²) in [6.07, 6.45) is 0. The number of hydrogen-bond donors (Lipinski definition) is 4. The molecule has 0 spiro atoms. The third kappa shape index (κ3) is 3.21. The van der Waals surface area contributed by atoms with E-state index in [-0.39, 0.29) is 10.3 Å². The van der Waals surface area contributed by atoms with Crippen molar-refractivity contribution in [3.8, 4) is 5.69 Å². The number of nitrogens with two attached hydrogens (primary N) is 1. The first-order valence-electron chi connectivity index (χ1n) is 6.48. The number of anilines is 1. The van der Waals surface area contributed by atoms with Crippen LogP contribution in [0.2, 0.25) is 0 Å². The molecule has 0 atom stereocenters. The van der Waals surface area contributed by atoms with Gasteiger partial charge in [0.25, 0.3) is 0 Å². The molecule has 0 unspecified atom stereocenters. The molecule has 5 N–H and O–H groups in total. The maximum atomic E-state index is 9.59. The van der Waals surface area contributed by atoms with Gasteiger partial charge in [0, 0.05) is 11.5 Å². The molecule has 0 radical (unpaired) electrons. The van der Waals surface area contributed by atoms with E-state index >= 15 is 0 Å². The van der Waals surface area contributed by atoms with Gasteiger partial charge in [-0.3, -0.25) is 0 Å². The smallest absolute Gasteiger partial charge is 0.127 e. The van der Waals surface area contributed by atoms with E-state index in [1.54, 1.807) is 18.2 Å². The fourth-order valence-electron chi connectivity index (χ4n) is 1.98. The Kier molecular flexibility index (Phi) is 3.79. The highest BCUT2D eigenvalue weighted by molar-refractivity contribution is 8.19. The number of hydrogen-bond acceptors (Lipinski definition) is 5. The SMILES string of the molecule is Cc1ccc(S(O)(O)O)c(-n2nc(C(C)(C)C)cc2N)c1. The first-order chi connectivity index (χ1) is 9.50. The second-order valence-corrected chi connectivity index (χ2v) is 7.58. The fraction of sp³-hybridized carbons (Fsp3) is 0.357. The van der Waals surface area contributed by atoms with Crippen LogP contribution in [-0.2, 0) is 5.41 Å². The van der Waals surface area contributed by atoms with E-state index in [2.05, 4.69) is 5.10 Å². The molecule has 116 valence electrons. The average molecular weight is 311 g/mol. The van der Waals surface area contributed by atoms with Crippen molar-refractivity contribution in [2.75, 3.05) is 5.73 Å². The Labute approximate surface area is 125 Å². The van der Waals surface area contributed by atoms with E-state index in [1.807, 2.05) is 27.7 Å². The molecule has 0 saturated heterocycles. The summed E-state index contributed by atoms with van der Waals surface area (Å²) in [5, 5.41) is 4.44. The quantitative estimate of drug-likeness (QED) is 0.677. The van der Waals surface area contributed by atoms with Crippen LogP contribution in [0.4, 0.5) is 5.82 Å². The summed E-state index contributed by atoms with van der Waals surface area (Å²) in [7, 11) is -3.86. The molecule has 0 aliphatic carbocycles. The number of benzene rings is 1. The summed E-state index contributed by atoms with van der Waals surface area (Å²) in [4.78, 5) is 0.00311. The zero-order valence-corrected chi connectivity index (χ0v) is 13.3. The third-order valence-electron chi connectivity index (χ3n) is 3.14. The lowest BCUT2D eigenvalue weighted by Gasteiger charge is -2.23. The molecule has 7 heteroatoms. The highest BCUT2D eigenvalue weighted by Crippen LogP contribution is 2.47. The Morgan fingerprint density at radius 1 is 1.14 bits per heavy atom. The van der Waals surface area contributed by atoms with Crippen LogP contribution in [-0.4, -0.2) is 23.4 Å². The second kappa shape index (κ2) is 5.03. The van der Waals surface area contributed by atoms with E-state index in [0.717, 1.165) is 11.3 Å². The molecule has 1 heterocycles. The van der Waals surface area contributed by atoms with Crippen molar-refractivity contribution in [1.29, 1.82) is 0 Å². The predicted octanol–water partition coefficient (Wildman–Crippen LogP) is 3.64. The zero-order chi connectivity index (χ0) is 16.0. The Balaban J connectivity index is 2.67. The molecule has 2 rings (SSSR count). The van der Waals surface area contributed by atoms with Gasteiger partial charge in [-0.1, -0.05) is 26.8 Å². The van der Waals surface area contributed by atoms with Gasteiger partial charge in [-0.2, -0.15) is 5.10 Å². The molecular formula is C14H21N3O3S. The average Bonchev–Trinajstić information content (AvgIpc) is 2.69. The largest absolute Gasteiger partial charge is 0.384 e.